The van der Waals surface area contributed by atoms with Crippen LogP contribution < -0.4 is 5.32 Å². The molecule has 2 unspecified atom stereocenters. The van der Waals surface area contributed by atoms with E-state index >= 15 is 0 Å². The molecule has 1 aromatic carbocycles. The number of carbonyl (C=O) groups excluding carboxylic acids is 1. The van der Waals surface area contributed by atoms with Crippen LogP contribution in [0.3, 0.4) is 0 Å². The number of hydrogen-bond acceptors (Lipinski definition) is 4. The molecule has 1 aliphatic rings. The lowest BCUT2D eigenvalue weighted by Gasteiger charge is -2.25. The third-order valence-corrected chi connectivity index (χ3v) is 4.40. The third kappa shape index (κ3) is 4.25. The lowest BCUT2D eigenvalue weighted by Crippen LogP contribution is -2.33. The van der Waals surface area contributed by atoms with Crippen LogP contribution in [-0.2, 0) is 0 Å². The minimum Gasteiger partial charge on any atom is -0.393 e. The first-order valence-electron chi connectivity index (χ1n) is 6.87. The van der Waals surface area contributed by atoms with Crippen LogP contribution in [0, 0.1) is 16.0 Å². The van der Waals surface area contributed by atoms with Crippen molar-refractivity contribution >= 4 is 27.5 Å². The second-order valence-electron chi connectivity index (χ2n) is 5.32. The lowest BCUT2D eigenvalue weighted by atomic mass is 9.87. The van der Waals surface area contributed by atoms with Gasteiger partial charge in [0.1, 0.15) is 0 Å². The molecule has 0 heterocycles. The summed E-state index contributed by atoms with van der Waals surface area (Å²) in [6.07, 6.45) is 3.16. The van der Waals surface area contributed by atoms with E-state index in [9.17, 15) is 20.0 Å². The van der Waals surface area contributed by atoms with Crippen molar-refractivity contribution in [1.82, 2.24) is 5.32 Å². The van der Waals surface area contributed by atoms with Crippen LogP contribution in [0.2, 0.25) is 0 Å². The molecule has 6 nitrogen and oxygen atoms in total. The highest BCUT2D eigenvalue weighted by molar-refractivity contribution is 9.10. The van der Waals surface area contributed by atoms with Gasteiger partial charge in [-0.3, -0.25) is 14.9 Å². The molecule has 2 rings (SSSR count). The number of nitro groups is 1. The van der Waals surface area contributed by atoms with Gasteiger partial charge in [0.25, 0.3) is 11.6 Å². The van der Waals surface area contributed by atoms with Gasteiger partial charge in [0.2, 0.25) is 0 Å². The molecule has 1 fully saturated rings. The number of hydrogen-bond donors (Lipinski definition) is 2. The average Bonchev–Trinajstić information content (AvgIpc) is 2.45. The van der Waals surface area contributed by atoms with Crippen LogP contribution in [0.15, 0.2) is 22.7 Å². The zero-order valence-corrected chi connectivity index (χ0v) is 13.0. The molecule has 1 amide bonds. The Kier molecular flexibility index (Phi) is 5.30. The number of non-ortho nitro benzene ring substituents is 1. The van der Waals surface area contributed by atoms with Crippen molar-refractivity contribution in [3.8, 4) is 0 Å². The van der Waals surface area contributed by atoms with Crippen molar-refractivity contribution in [2.24, 2.45) is 5.92 Å². The molecule has 114 valence electrons. The first-order chi connectivity index (χ1) is 9.97. The van der Waals surface area contributed by atoms with Gasteiger partial charge in [0.05, 0.1) is 16.6 Å². The second-order valence-corrected chi connectivity index (χ2v) is 6.17. The van der Waals surface area contributed by atoms with Gasteiger partial charge in [-0.2, -0.15) is 0 Å². The molecule has 1 saturated carbocycles. The van der Waals surface area contributed by atoms with E-state index in [4.69, 9.17) is 0 Å². The molecule has 2 N–H and O–H groups in total. The minimum absolute atomic E-state index is 0.114. The van der Waals surface area contributed by atoms with Crippen LogP contribution >= 0.6 is 15.9 Å². The number of amides is 1. The van der Waals surface area contributed by atoms with Gasteiger partial charge in [-0.05, 0) is 47.2 Å². The Balaban J connectivity index is 1.99. The Morgan fingerprint density at radius 1 is 1.48 bits per heavy atom. The molecule has 0 bridgehead atoms. The Labute approximate surface area is 130 Å². The highest BCUT2D eigenvalue weighted by Crippen LogP contribution is 2.25. The van der Waals surface area contributed by atoms with Gasteiger partial charge in [-0.15, -0.1) is 0 Å². The number of benzene rings is 1. The van der Waals surface area contributed by atoms with Crippen molar-refractivity contribution < 1.29 is 14.8 Å². The summed E-state index contributed by atoms with van der Waals surface area (Å²) in [6, 6.07) is 4.10. The van der Waals surface area contributed by atoms with Crippen LogP contribution in [-0.4, -0.2) is 28.6 Å². The van der Waals surface area contributed by atoms with Gasteiger partial charge in [0, 0.05) is 23.2 Å². The number of nitrogens with zero attached hydrogens (tertiary/aromatic N) is 1. The maximum Gasteiger partial charge on any atom is 0.270 e. The van der Waals surface area contributed by atoms with Crippen molar-refractivity contribution in [2.75, 3.05) is 6.54 Å². The Bertz CT molecular complexity index is 550. The maximum atomic E-state index is 12.1. The quantitative estimate of drug-likeness (QED) is 0.640. The fraction of sp³-hybridized carbons (Fsp3) is 0.500. The van der Waals surface area contributed by atoms with E-state index in [1.807, 2.05) is 0 Å². The molecule has 1 aromatic rings. The highest BCUT2D eigenvalue weighted by Gasteiger charge is 2.21. The van der Waals surface area contributed by atoms with E-state index < -0.39 is 4.92 Å². The molecule has 1 aliphatic carbocycles. The zero-order chi connectivity index (χ0) is 15.4. The molecule has 7 heteroatoms. The summed E-state index contributed by atoms with van der Waals surface area (Å²) in [5, 5.41) is 23.2. The molecule has 2 atom stereocenters. The standard InChI is InChI=1S/C14H17BrN2O4/c15-13-5-4-10(17(20)21)7-12(13)14(19)16-8-9-2-1-3-11(18)6-9/h4-5,7,9,11,18H,1-3,6,8H2,(H,16,19). The molecule has 0 spiro atoms. The smallest absolute Gasteiger partial charge is 0.270 e. The average molecular weight is 357 g/mol. The van der Waals surface area contributed by atoms with Gasteiger partial charge in [-0.1, -0.05) is 6.42 Å². The Morgan fingerprint density at radius 3 is 2.90 bits per heavy atom. The first kappa shape index (κ1) is 15.9. The summed E-state index contributed by atoms with van der Waals surface area (Å²) in [5.41, 5.74) is 0.136. The zero-order valence-electron chi connectivity index (χ0n) is 11.4. The molecular weight excluding hydrogens is 340 g/mol. The number of nitro benzene ring substituents is 1. The number of aliphatic hydroxyl groups excluding tert-OH is 1. The SMILES string of the molecule is O=C(NCC1CCCC(O)C1)c1cc([N+](=O)[O-])ccc1Br. The summed E-state index contributed by atoms with van der Waals surface area (Å²) in [4.78, 5) is 22.4. The molecule has 0 aliphatic heterocycles. The molecule has 0 saturated heterocycles. The summed E-state index contributed by atoms with van der Waals surface area (Å²) < 4.78 is 0.522. The first-order valence-corrected chi connectivity index (χ1v) is 7.67. The van der Waals surface area contributed by atoms with E-state index in [0.717, 1.165) is 19.3 Å². The van der Waals surface area contributed by atoms with Gasteiger partial charge < -0.3 is 10.4 Å². The monoisotopic (exact) mass is 356 g/mol. The van der Waals surface area contributed by atoms with Crippen LogP contribution in [0.5, 0.6) is 0 Å². The minimum atomic E-state index is -0.527. The van der Waals surface area contributed by atoms with E-state index in [1.54, 1.807) is 0 Å². The predicted molar refractivity (Wildman–Crippen MR) is 81.1 cm³/mol. The van der Waals surface area contributed by atoms with E-state index in [0.29, 0.717) is 17.4 Å². The van der Waals surface area contributed by atoms with Crippen molar-refractivity contribution in [3.05, 3.63) is 38.3 Å². The van der Waals surface area contributed by atoms with Crippen molar-refractivity contribution in [2.45, 2.75) is 31.8 Å². The molecule has 0 radical (unpaired) electrons. The molecular formula is C14H17BrN2O4. The number of carbonyl (C=O) groups is 1. The third-order valence-electron chi connectivity index (χ3n) is 3.71. The summed E-state index contributed by atoms with van der Waals surface area (Å²) in [7, 11) is 0. The summed E-state index contributed by atoms with van der Waals surface area (Å²) >= 11 is 3.23. The maximum absolute atomic E-state index is 12.1. The van der Waals surface area contributed by atoms with Crippen molar-refractivity contribution in [3.63, 3.8) is 0 Å². The molecule has 21 heavy (non-hydrogen) atoms. The van der Waals surface area contributed by atoms with E-state index in [1.165, 1.54) is 18.2 Å². The number of aliphatic hydroxyl groups is 1. The fourth-order valence-corrected chi connectivity index (χ4v) is 3.01. The largest absolute Gasteiger partial charge is 0.393 e. The van der Waals surface area contributed by atoms with Gasteiger partial charge in [0.15, 0.2) is 0 Å². The number of nitrogens with one attached hydrogen (secondary N) is 1. The lowest BCUT2D eigenvalue weighted by molar-refractivity contribution is -0.384. The number of halogens is 1. The van der Waals surface area contributed by atoms with Crippen LogP contribution in [0.25, 0.3) is 0 Å². The second kappa shape index (κ2) is 7.00. The Hall–Kier alpha value is -1.47. The van der Waals surface area contributed by atoms with Crippen LogP contribution in [0.1, 0.15) is 36.0 Å². The van der Waals surface area contributed by atoms with Crippen molar-refractivity contribution in [1.29, 1.82) is 0 Å². The van der Waals surface area contributed by atoms with Gasteiger partial charge >= 0.3 is 0 Å². The topological polar surface area (TPSA) is 92.5 Å². The van der Waals surface area contributed by atoms with E-state index in [2.05, 4.69) is 21.2 Å². The van der Waals surface area contributed by atoms with Gasteiger partial charge in [-0.25, -0.2) is 0 Å². The predicted octanol–water partition coefficient (Wildman–Crippen LogP) is 2.64. The molecule has 0 aromatic heterocycles. The van der Waals surface area contributed by atoms with Crippen LogP contribution in [0.4, 0.5) is 5.69 Å². The highest BCUT2D eigenvalue weighted by atomic mass is 79.9. The Morgan fingerprint density at radius 2 is 2.24 bits per heavy atom. The fourth-order valence-electron chi connectivity index (χ4n) is 2.58. The number of rotatable bonds is 4. The summed E-state index contributed by atoms with van der Waals surface area (Å²) in [6.45, 7) is 0.477. The normalized spacial score (nSPS) is 21.8. The summed E-state index contributed by atoms with van der Waals surface area (Å²) in [5.74, 6) is -0.0826. The van der Waals surface area contributed by atoms with E-state index in [-0.39, 0.29) is 29.2 Å².